The van der Waals surface area contributed by atoms with Crippen LogP contribution in [0, 0.1) is 0 Å². The van der Waals surface area contributed by atoms with Crippen LogP contribution in [0.25, 0.3) is 0 Å². The molecule has 3 aliphatic heterocycles. The molecule has 61 heavy (non-hydrogen) atoms. The van der Waals surface area contributed by atoms with Gasteiger partial charge in [-0.25, -0.2) is 21.6 Å². The van der Waals surface area contributed by atoms with Crippen LogP contribution in [0.4, 0.5) is 11.4 Å². The number of allylic oxidation sites excluding steroid dienone is 6. The minimum Gasteiger partial charge on any atom is -0.748 e. The monoisotopic (exact) mass is 920 g/mol. The number of hydrogen-bond donors (Lipinski definition) is 1. The van der Waals surface area contributed by atoms with Crippen LogP contribution >= 0.6 is 0 Å². The molecule has 0 spiro atoms. The first-order valence-electron chi connectivity index (χ1n) is 19.0. The van der Waals surface area contributed by atoms with Gasteiger partial charge in [-0.05, 0) is 82.0 Å². The van der Waals surface area contributed by atoms with Crippen molar-refractivity contribution in [1.29, 1.82) is 0 Å². The normalized spacial score (nSPS) is 18.1. The minimum atomic E-state index is -4.75. The van der Waals surface area contributed by atoms with Crippen LogP contribution in [0.15, 0.2) is 81.8 Å². The standard InChI is InChI=1S/C40H49N3O13S3.2Na/c1-27(13-19-35-40(4,5)31-26-29(59(53,54)55)15-17-33(31)42(35)23-9-10-24-57(47,48)49)12-18-34-39(2,3)30-25-28(58(50,51)52)14-16-32(30)41(34)22-8-6-7-11-38(46)56-43-36(44)20-21-37(43)45;;/h12-19,25-26H,6-11,20-24H2,1-5H3,(H2-,47,48,49,50,51,52,53,54,55);;/q;2*+1/p-1. The fraction of sp³-hybridized carbons (Fsp3) is 0.450. The molecule has 5 rings (SSSR count). The van der Waals surface area contributed by atoms with Crippen LogP contribution in [0.1, 0.15) is 97.1 Å². The maximum Gasteiger partial charge on any atom is 1.00 e. The third-order valence-electron chi connectivity index (χ3n) is 10.8. The van der Waals surface area contributed by atoms with Crippen molar-refractivity contribution >= 4 is 65.2 Å². The molecule has 2 amide bonds. The van der Waals surface area contributed by atoms with E-state index in [9.17, 15) is 53.3 Å². The van der Waals surface area contributed by atoms with Crippen molar-refractivity contribution in [2.75, 3.05) is 23.7 Å². The number of anilines is 1. The van der Waals surface area contributed by atoms with Crippen LogP contribution in [0.2, 0.25) is 0 Å². The van der Waals surface area contributed by atoms with Gasteiger partial charge in [-0.2, -0.15) is 13.0 Å². The van der Waals surface area contributed by atoms with Crippen molar-refractivity contribution in [1.82, 2.24) is 5.06 Å². The molecule has 0 aromatic heterocycles. The summed E-state index contributed by atoms with van der Waals surface area (Å²) in [6.07, 6.45) is 9.58. The fourth-order valence-electron chi connectivity index (χ4n) is 7.65. The number of amides is 2. The molecule has 0 unspecified atom stereocenters. The summed E-state index contributed by atoms with van der Waals surface area (Å²) in [5.74, 6) is -2.32. The third-order valence-corrected chi connectivity index (χ3v) is 13.3. The van der Waals surface area contributed by atoms with E-state index in [4.69, 9.17) is 4.84 Å². The van der Waals surface area contributed by atoms with Crippen LogP contribution < -0.4 is 64.0 Å². The van der Waals surface area contributed by atoms with E-state index in [0.29, 0.717) is 60.7 Å². The summed E-state index contributed by atoms with van der Waals surface area (Å²) in [6, 6.07) is 8.56. The largest absolute Gasteiger partial charge is 1.00 e. The van der Waals surface area contributed by atoms with E-state index in [1.165, 1.54) is 24.3 Å². The van der Waals surface area contributed by atoms with Gasteiger partial charge in [-0.3, -0.25) is 14.1 Å². The predicted molar refractivity (Wildman–Crippen MR) is 214 cm³/mol. The molecule has 0 saturated carbocycles. The molecule has 1 saturated heterocycles. The van der Waals surface area contributed by atoms with Crippen molar-refractivity contribution in [3.63, 3.8) is 0 Å². The molecule has 1 N–H and O–H groups in total. The molecule has 0 aliphatic carbocycles. The Bertz CT molecular complexity index is 2510. The number of imide groups is 1. The Morgan fingerprint density at radius 3 is 2.08 bits per heavy atom. The van der Waals surface area contributed by atoms with E-state index in [1.54, 1.807) is 12.1 Å². The van der Waals surface area contributed by atoms with Gasteiger partial charge in [0.05, 0.1) is 25.3 Å². The van der Waals surface area contributed by atoms with Crippen molar-refractivity contribution in [3.05, 3.63) is 83.1 Å². The van der Waals surface area contributed by atoms with E-state index in [-0.39, 0.29) is 94.6 Å². The van der Waals surface area contributed by atoms with Gasteiger partial charge in [0.25, 0.3) is 21.9 Å². The number of nitrogens with zero attached hydrogens (tertiary/aromatic N) is 3. The van der Waals surface area contributed by atoms with Gasteiger partial charge in [-0.15, -0.1) is 5.06 Å². The van der Waals surface area contributed by atoms with E-state index < -0.39 is 64.7 Å². The van der Waals surface area contributed by atoms with Gasteiger partial charge in [0, 0.05) is 72.5 Å². The minimum absolute atomic E-state index is 0. The molecule has 0 radical (unpaired) electrons. The zero-order valence-electron chi connectivity index (χ0n) is 35.5. The average molecular weight is 921 g/mol. The van der Waals surface area contributed by atoms with Gasteiger partial charge in [0.15, 0.2) is 5.71 Å². The van der Waals surface area contributed by atoms with E-state index in [0.717, 1.165) is 22.7 Å². The summed E-state index contributed by atoms with van der Waals surface area (Å²) < 4.78 is 105. The Morgan fingerprint density at radius 1 is 0.852 bits per heavy atom. The first-order chi connectivity index (χ1) is 27.3. The Kier molecular flexibility index (Phi) is 17.8. The Hall–Kier alpha value is -2.53. The first-order valence-corrected chi connectivity index (χ1v) is 23.5. The number of hydrogen-bond acceptors (Lipinski definition) is 13. The molecular weight excluding hydrogens is 873 g/mol. The summed E-state index contributed by atoms with van der Waals surface area (Å²) in [5.41, 5.74) is 3.49. The topological polar surface area (TPSA) is 239 Å². The third kappa shape index (κ3) is 12.6. The van der Waals surface area contributed by atoms with Gasteiger partial charge in [0.2, 0.25) is 5.69 Å². The summed E-state index contributed by atoms with van der Waals surface area (Å²) in [5, 5.41) is 0.520. The van der Waals surface area contributed by atoms with Crippen molar-refractivity contribution in [3.8, 4) is 0 Å². The van der Waals surface area contributed by atoms with E-state index in [1.807, 2.05) is 68.4 Å². The summed E-state index contributed by atoms with van der Waals surface area (Å²) in [7, 11) is -13.7. The smallest absolute Gasteiger partial charge is 0.748 e. The summed E-state index contributed by atoms with van der Waals surface area (Å²) >= 11 is 0. The fourth-order valence-corrected chi connectivity index (χ4v) is 9.21. The quantitative estimate of drug-likeness (QED) is 0.0495. The Balaban J connectivity index is 0.00000496. The zero-order chi connectivity index (χ0) is 43.7. The molecule has 3 heterocycles. The van der Waals surface area contributed by atoms with E-state index >= 15 is 0 Å². The number of hydroxylamine groups is 2. The van der Waals surface area contributed by atoms with Crippen molar-refractivity contribution in [2.24, 2.45) is 0 Å². The number of fused-ring (bicyclic) bond motifs is 2. The molecular formula is C40H48N3Na2O13S3+. The molecule has 3 aliphatic rings. The number of benzene rings is 2. The zero-order valence-corrected chi connectivity index (χ0v) is 41.9. The molecule has 2 aromatic rings. The van der Waals surface area contributed by atoms with Crippen LogP contribution in [0.3, 0.4) is 0 Å². The molecule has 0 atom stereocenters. The maximum atomic E-state index is 12.3. The summed E-state index contributed by atoms with van der Waals surface area (Å²) in [6.45, 7) is 10.3. The maximum absolute atomic E-state index is 12.3. The summed E-state index contributed by atoms with van der Waals surface area (Å²) in [4.78, 5) is 42.3. The van der Waals surface area contributed by atoms with Crippen LogP contribution in [0.5, 0.6) is 0 Å². The van der Waals surface area contributed by atoms with Gasteiger partial charge in [-0.1, -0.05) is 38.0 Å². The average Bonchev–Trinajstić information content (AvgIpc) is 3.64. The van der Waals surface area contributed by atoms with Crippen molar-refractivity contribution in [2.45, 2.75) is 107 Å². The molecule has 2 aromatic carbocycles. The SMILES string of the molecule is CC(C=CC1=[N+](CCCCS(=O)(=O)[O-])c2ccc(S(=O)(=O)[O-])cc2C1(C)C)=CC=C1N(CCCCCC(=O)ON2C(=O)CCC2=O)c2ccc(S(=O)(=O)O)cc2C1(C)C.[Na+].[Na+]. The number of rotatable bonds is 17. The molecule has 1 fully saturated rings. The first kappa shape index (κ1) is 52.8. The van der Waals surface area contributed by atoms with E-state index in [2.05, 4.69) is 0 Å². The predicted octanol–water partition coefficient (Wildman–Crippen LogP) is -1.10. The van der Waals surface area contributed by atoms with Crippen LogP contribution in [-0.4, -0.2) is 90.9 Å². The van der Waals surface area contributed by atoms with Gasteiger partial charge >= 0.3 is 65.1 Å². The Labute approximate surface area is 402 Å². The van der Waals surface area contributed by atoms with Gasteiger partial charge in [0.1, 0.15) is 16.7 Å². The second kappa shape index (κ2) is 20.5. The number of unbranched alkanes of at least 4 members (excludes halogenated alkanes) is 3. The Morgan fingerprint density at radius 2 is 1.48 bits per heavy atom. The second-order valence-electron chi connectivity index (χ2n) is 15.8. The van der Waals surface area contributed by atoms with Gasteiger partial charge < -0.3 is 18.8 Å². The van der Waals surface area contributed by atoms with Crippen LogP contribution in [-0.2, 0) is 60.4 Å². The molecule has 16 nitrogen and oxygen atoms in total. The molecule has 0 bridgehead atoms. The molecule has 21 heteroatoms. The molecule has 320 valence electrons. The second-order valence-corrected chi connectivity index (χ2v) is 20.2. The number of carbonyl (C=O) groups is 3. The van der Waals surface area contributed by atoms with Crippen molar-refractivity contribution < 1.29 is 122 Å². The number of carbonyl (C=O) groups excluding carboxylic acids is 3.